The lowest BCUT2D eigenvalue weighted by Crippen LogP contribution is -2.26. The zero-order chi connectivity index (χ0) is 23.4. The zero-order valence-electron chi connectivity index (χ0n) is 18.6. The van der Waals surface area contributed by atoms with E-state index in [4.69, 9.17) is 9.72 Å². The van der Waals surface area contributed by atoms with Gasteiger partial charge in [0.25, 0.3) is 11.9 Å². The number of rotatable bonds is 8. The minimum absolute atomic E-state index is 0.172. The molecule has 0 aliphatic heterocycles. The van der Waals surface area contributed by atoms with Gasteiger partial charge in [-0.15, -0.1) is 11.3 Å². The number of hydrogen-bond acceptors (Lipinski definition) is 6. The molecule has 0 fully saturated rings. The Morgan fingerprint density at radius 2 is 2.00 bits per heavy atom. The van der Waals surface area contributed by atoms with Crippen LogP contribution >= 0.6 is 11.3 Å². The van der Waals surface area contributed by atoms with Crippen LogP contribution in [0.25, 0.3) is 17.2 Å². The summed E-state index contributed by atoms with van der Waals surface area (Å²) in [7, 11) is 1.56. The first kappa shape index (κ1) is 22.8. The topological polar surface area (TPSA) is 81.9 Å². The molecule has 1 N–H and O–H groups in total. The van der Waals surface area contributed by atoms with E-state index in [9.17, 15) is 9.18 Å². The van der Waals surface area contributed by atoms with Crippen molar-refractivity contribution in [2.24, 2.45) is 0 Å². The number of methoxy groups -OCH3 is 1. The number of thiophene rings is 1. The van der Waals surface area contributed by atoms with Crippen molar-refractivity contribution in [1.29, 1.82) is 0 Å². The lowest BCUT2D eigenvalue weighted by Gasteiger charge is -2.09. The largest absolute Gasteiger partial charge is 0.378 e. The lowest BCUT2D eigenvalue weighted by molar-refractivity contribution is 0.0948. The predicted octanol–water partition coefficient (Wildman–Crippen LogP) is 4.27. The van der Waals surface area contributed by atoms with Gasteiger partial charge in [0.1, 0.15) is 5.82 Å². The van der Waals surface area contributed by atoms with Gasteiger partial charge in [0.05, 0.1) is 29.8 Å². The maximum atomic E-state index is 13.1. The van der Waals surface area contributed by atoms with E-state index in [1.165, 1.54) is 32.8 Å². The minimum atomic E-state index is -0.282. The van der Waals surface area contributed by atoms with Crippen molar-refractivity contribution in [2.45, 2.75) is 26.9 Å². The smallest absolute Gasteiger partial charge is 0.254 e. The maximum absolute atomic E-state index is 13.1. The molecule has 4 rings (SSSR count). The molecule has 0 aliphatic carbocycles. The highest BCUT2D eigenvalue weighted by molar-refractivity contribution is 7.12. The molecular weight excluding hydrogens is 441 g/mol. The number of nitrogens with one attached hydrogen (secondary N) is 1. The molecule has 0 atom stereocenters. The molecule has 4 aromatic rings. The molecule has 33 heavy (non-hydrogen) atoms. The Hall–Kier alpha value is -3.43. The molecule has 0 bridgehead atoms. The molecular formula is C24H24FN5O2S. The summed E-state index contributed by atoms with van der Waals surface area (Å²) in [4.78, 5) is 24.3. The number of ether oxygens (including phenoxy) is 1. The third kappa shape index (κ3) is 5.15. The first-order chi connectivity index (χ1) is 16.0. The Balaban J connectivity index is 1.55. The Bertz CT molecular complexity index is 1270. The van der Waals surface area contributed by atoms with Crippen LogP contribution in [-0.2, 0) is 17.8 Å². The summed E-state index contributed by atoms with van der Waals surface area (Å²) in [5.74, 6) is -0.181. The van der Waals surface area contributed by atoms with Crippen molar-refractivity contribution < 1.29 is 13.9 Å². The van der Waals surface area contributed by atoms with Gasteiger partial charge in [-0.2, -0.15) is 9.78 Å². The van der Waals surface area contributed by atoms with Crippen LogP contribution in [0.3, 0.4) is 0 Å². The SMILES string of the molecule is COCc1c(C(=O)NCCc2ccc(F)cc2)cnn1-c1nccc(-c2cc(C)sc2C)n1. The van der Waals surface area contributed by atoms with Crippen LogP contribution in [0.5, 0.6) is 0 Å². The van der Waals surface area contributed by atoms with E-state index in [-0.39, 0.29) is 18.3 Å². The molecule has 0 aliphatic rings. The van der Waals surface area contributed by atoms with Gasteiger partial charge in [0.15, 0.2) is 0 Å². The summed E-state index contributed by atoms with van der Waals surface area (Å²) in [6.45, 7) is 4.71. The number of amides is 1. The quantitative estimate of drug-likeness (QED) is 0.420. The van der Waals surface area contributed by atoms with Crippen molar-refractivity contribution in [3.8, 4) is 17.2 Å². The first-order valence-corrected chi connectivity index (χ1v) is 11.3. The normalized spacial score (nSPS) is 11.0. The fourth-order valence-corrected chi connectivity index (χ4v) is 4.50. The summed E-state index contributed by atoms with van der Waals surface area (Å²) >= 11 is 1.72. The molecule has 1 aromatic carbocycles. The summed E-state index contributed by atoms with van der Waals surface area (Å²) in [6, 6.07) is 10.2. The van der Waals surface area contributed by atoms with E-state index >= 15 is 0 Å². The van der Waals surface area contributed by atoms with Crippen LogP contribution in [0.15, 0.2) is 48.8 Å². The Labute approximate surface area is 195 Å². The third-order valence-electron chi connectivity index (χ3n) is 5.16. The molecule has 1 amide bonds. The molecule has 170 valence electrons. The number of benzene rings is 1. The second-order valence-electron chi connectivity index (χ2n) is 7.55. The Morgan fingerprint density at radius 1 is 1.21 bits per heavy atom. The molecule has 3 aromatic heterocycles. The van der Waals surface area contributed by atoms with E-state index in [1.54, 1.807) is 36.8 Å². The van der Waals surface area contributed by atoms with Gasteiger partial charge in [-0.05, 0) is 50.1 Å². The molecule has 0 unspecified atom stereocenters. The van der Waals surface area contributed by atoms with Crippen LogP contribution in [0.2, 0.25) is 0 Å². The number of hydrogen-bond donors (Lipinski definition) is 1. The van der Waals surface area contributed by atoms with Crippen LogP contribution < -0.4 is 5.32 Å². The van der Waals surface area contributed by atoms with Gasteiger partial charge in [0.2, 0.25) is 0 Å². The van der Waals surface area contributed by atoms with Gasteiger partial charge in [0, 0.05) is 35.2 Å². The van der Waals surface area contributed by atoms with Gasteiger partial charge >= 0.3 is 0 Å². The second kappa shape index (κ2) is 10.0. The minimum Gasteiger partial charge on any atom is -0.378 e. The molecule has 3 heterocycles. The molecule has 0 radical (unpaired) electrons. The highest BCUT2D eigenvalue weighted by Gasteiger charge is 2.20. The van der Waals surface area contributed by atoms with Crippen LogP contribution in [0.1, 0.15) is 31.4 Å². The number of aryl methyl sites for hydroxylation is 2. The molecule has 0 spiro atoms. The summed E-state index contributed by atoms with van der Waals surface area (Å²) in [6.07, 6.45) is 3.77. The monoisotopic (exact) mass is 465 g/mol. The standard InChI is InChI=1S/C24H24FN5O2S/c1-15-12-19(16(2)33-15)21-9-11-27-24(29-21)30-22(14-32-3)20(13-28-30)23(31)26-10-8-17-4-6-18(25)7-5-17/h4-7,9,11-13H,8,10,14H2,1-3H3,(H,26,31). The van der Waals surface area contributed by atoms with Crippen LogP contribution in [-0.4, -0.2) is 39.3 Å². The van der Waals surface area contributed by atoms with Crippen LogP contribution in [0.4, 0.5) is 4.39 Å². The Morgan fingerprint density at radius 3 is 2.70 bits per heavy atom. The average molecular weight is 466 g/mol. The van der Waals surface area contributed by atoms with Crippen molar-refractivity contribution in [3.63, 3.8) is 0 Å². The fourth-order valence-electron chi connectivity index (χ4n) is 3.56. The van der Waals surface area contributed by atoms with Crippen molar-refractivity contribution in [3.05, 3.63) is 81.2 Å². The fraction of sp³-hybridized carbons (Fsp3) is 0.250. The van der Waals surface area contributed by atoms with E-state index in [2.05, 4.69) is 35.3 Å². The van der Waals surface area contributed by atoms with Gasteiger partial charge in [-0.1, -0.05) is 12.1 Å². The van der Waals surface area contributed by atoms with E-state index in [1.807, 2.05) is 6.07 Å². The number of halogens is 1. The average Bonchev–Trinajstić information content (AvgIpc) is 3.38. The highest BCUT2D eigenvalue weighted by atomic mass is 32.1. The molecule has 7 nitrogen and oxygen atoms in total. The number of aromatic nitrogens is 4. The molecule has 0 saturated heterocycles. The first-order valence-electron chi connectivity index (χ1n) is 10.5. The summed E-state index contributed by atoms with van der Waals surface area (Å²) in [5.41, 5.74) is 3.75. The van der Waals surface area contributed by atoms with Gasteiger partial charge < -0.3 is 10.1 Å². The lowest BCUT2D eigenvalue weighted by atomic mass is 10.1. The summed E-state index contributed by atoms with van der Waals surface area (Å²) in [5, 5.41) is 7.27. The van der Waals surface area contributed by atoms with Crippen LogP contribution in [0, 0.1) is 19.7 Å². The number of carbonyl (C=O) groups excluding carboxylic acids is 1. The molecule has 0 saturated carbocycles. The predicted molar refractivity (Wildman–Crippen MR) is 125 cm³/mol. The van der Waals surface area contributed by atoms with Crippen molar-refractivity contribution >= 4 is 17.2 Å². The van der Waals surface area contributed by atoms with Gasteiger partial charge in [-0.25, -0.2) is 14.4 Å². The summed E-state index contributed by atoms with van der Waals surface area (Å²) < 4.78 is 19.9. The van der Waals surface area contributed by atoms with E-state index in [0.717, 1.165) is 16.8 Å². The number of nitrogens with zero attached hydrogens (tertiary/aromatic N) is 4. The van der Waals surface area contributed by atoms with E-state index in [0.29, 0.717) is 30.2 Å². The van der Waals surface area contributed by atoms with Crippen molar-refractivity contribution in [1.82, 2.24) is 25.1 Å². The third-order valence-corrected chi connectivity index (χ3v) is 6.12. The number of carbonyl (C=O) groups is 1. The maximum Gasteiger partial charge on any atom is 0.254 e. The second-order valence-corrected chi connectivity index (χ2v) is 9.01. The molecule has 9 heteroatoms. The van der Waals surface area contributed by atoms with E-state index < -0.39 is 0 Å². The zero-order valence-corrected chi connectivity index (χ0v) is 19.4. The highest BCUT2D eigenvalue weighted by Crippen LogP contribution is 2.29. The van der Waals surface area contributed by atoms with Gasteiger partial charge in [-0.3, -0.25) is 4.79 Å². The Kier molecular flexibility index (Phi) is 6.90. The van der Waals surface area contributed by atoms with Crippen molar-refractivity contribution in [2.75, 3.05) is 13.7 Å².